The topological polar surface area (TPSA) is 52.7 Å². The Morgan fingerprint density at radius 2 is 1.74 bits per heavy atom. The van der Waals surface area contributed by atoms with Crippen molar-refractivity contribution >= 4 is 40.1 Å². The smallest absolute Gasteiger partial charge is 0.253 e. The quantitative estimate of drug-likeness (QED) is 0.684. The highest BCUT2D eigenvalue weighted by Crippen LogP contribution is 2.17. The summed E-state index contributed by atoms with van der Waals surface area (Å²) in [5, 5.41) is 2.92. The second kappa shape index (κ2) is 8.79. The van der Waals surface area contributed by atoms with Crippen molar-refractivity contribution in [2.75, 3.05) is 38.0 Å². The summed E-state index contributed by atoms with van der Waals surface area (Å²) in [4.78, 5) is 28.5. The first-order chi connectivity index (χ1) is 12.9. The van der Waals surface area contributed by atoms with E-state index in [0.29, 0.717) is 38.3 Å². The number of amides is 2. The van der Waals surface area contributed by atoms with Crippen LogP contribution in [-0.2, 0) is 4.79 Å². The summed E-state index contributed by atoms with van der Waals surface area (Å²) >= 11 is 2.25. The van der Waals surface area contributed by atoms with Crippen LogP contribution in [0.1, 0.15) is 15.9 Å². The number of hydrogen-bond acceptors (Lipinski definition) is 3. The van der Waals surface area contributed by atoms with Crippen LogP contribution in [-0.4, -0.2) is 54.3 Å². The maximum Gasteiger partial charge on any atom is 0.253 e. The van der Waals surface area contributed by atoms with Crippen molar-refractivity contribution in [2.24, 2.45) is 0 Å². The molecule has 0 aliphatic carbocycles. The number of carbonyl (C=O) groups is 2. The van der Waals surface area contributed by atoms with Gasteiger partial charge in [-0.3, -0.25) is 14.5 Å². The Hall–Kier alpha value is -2.00. The first-order valence-electron chi connectivity index (χ1n) is 8.75. The van der Waals surface area contributed by atoms with Gasteiger partial charge in [-0.15, -0.1) is 0 Å². The normalized spacial score (nSPS) is 14.9. The SMILES string of the molecule is Cc1ccc(NC(=O)CN2CCN(C(=O)c3ccc(F)cc3)CC2)cc1I. The van der Waals surface area contributed by atoms with Crippen LogP contribution in [0.4, 0.5) is 10.1 Å². The standard InChI is InChI=1S/C20H21FIN3O2/c1-14-2-7-17(12-18(14)22)23-19(26)13-24-8-10-25(11-9-24)20(27)15-3-5-16(21)6-4-15/h2-7,12H,8-11,13H2,1H3,(H,23,26). The molecule has 142 valence electrons. The summed E-state index contributed by atoms with van der Waals surface area (Å²) in [6, 6.07) is 11.4. The molecule has 0 atom stereocenters. The van der Waals surface area contributed by atoms with E-state index in [-0.39, 0.29) is 17.6 Å². The molecule has 3 rings (SSSR count). The number of nitrogens with one attached hydrogen (secondary N) is 1. The fourth-order valence-electron chi connectivity index (χ4n) is 2.96. The molecule has 5 nitrogen and oxygen atoms in total. The summed E-state index contributed by atoms with van der Waals surface area (Å²) in [5.41, 5.74) is 2.45. The molecule has 1 N–H and O–H groups in total. The summed E-state index contributed by atoms with van der Waals surface area (Å²) in [7, 11) is 0. The Kier molecular flexibility index (Phi) is 6.43. The van der Waals surface area contributed by atoms with E-state index in [0.717, 1.165) is 9.26 Å². The lowest BCUT2D eigenvalue weighted by Gasteiger charge is -2.34. The zero-order valence-electron chi connectivity index (χ0n) is 15.0. The average molecular weight is 481 g/mol. The van der Waals surface area contributed by atoms with Crippen molar-refractivity contribution in [1.29, 1.82) is 0 Å². The second-order valence-corrected chi connectivity index (χ2v) is 7.75. The number of hydrogen-bond donors (Lipinski definition) is 1. The maximum atomic E-state index is 13.0. The summed E-state index contributed by atoms with van der Waals surface area (Å²) in [6.07, 6.45) is 0. The minimum Gasteiger partial charge on any atom is -0.336 e. The summed E-state index contributed by atoms with van der Waals surface area (Å²) in [5.74, 6) is -0.521. The number of piperazine rings is 1. The average Bonchev–Trinajstić information content (AvgIpc) is 2.65. The zero-order chi connectivity index (χ0) is 19.4. The third-order valence-electron chi connectivity index (χ3n) is 4.57. The number of aryl methyl sites for hydroxylation is 1. The van der Waals surface area contributed by atoms with Gasteiger partial charge in [0.05, 0.1) is 6.54 Å². The molecule has 1 saturated heterocycles. The lowest BCUT2D eigenvalue weighted by Crippen LogP contribution is -2.50. The first kappa shape index (κ1) is 19.8. The molecule has 2 aromatic rings. The molecule has 0 bridgehead atoms. The van der Waals surface area contributed by atoms with E-state index in [1.165, 1.54) is 29.8 Å². The Morgan fingerprint density at radius 1 is 1.07 bits per heavy atom. The van der Waals surface area contributed by atoms with E-state index in [1.807, 2.05) is 30.0 Å². The van der Waals surface area contributed by atoms with Gasteiger partial charge in [0.2, 0.25) is 5.91 Å². The fraction of sp³-hybridized carbons (Fsp3) is 0.300. The Morgan fingerprint density at radius 3 is 2.37 bits per heavy atom. The molecular weight excluding hydrogens is 460 g/mol. The molecule has 7 heteroatoms. The van der Waals surface area contributed by atoms with E-state index < -0.39 is 0 Å². The van der Waals surface area contributed by atoms with Crippen molar-refractivity contribution in [3.63, 3.8) is 0 Å². The van der Waals surface area contributed by atoms with Crippen molar-refractivity contribution in [2.45, 2.75) is 6.92 Å². The Labute approximate surface area is 171 Å². The zero-order valence-corrected chi connectivity index (χ0v) is 17.2. The molecule has 1 fully saturated rings. The second-order valence-electron chi connectivity index (χ2n) is 6.59. The van der Waals surface area contributed by atoms with Crippen LogP contribution in [0.2, 0.25) is 0 Å². The monoisotopic (exact) mass is 481 g/mol. The largest absolute Gasteiger partial charge is 0.336 e. The minimum atomic E-state index is -0.356. The lowest BCUT2D eigenvalue weighted by atomic mass is 10.2. The molecule has 0 aromatic heterocycles. The van der Waals surface area contributed by atoms with Gasteiger partial charge in [-0.05, 0) is 71.5 Å². The number of nitrogens with zero attached hydrogens (tertiary/aromatic N) is 2. The molecule has 1 aliphatic heterocycles. The molecule has 0 unspecified atom stereocenters. The number of carbonyl (C=O) groups excluding carboxylic acids is 2. The van der Waals surface area contributed by atoms with Crippen LogP contribution in [0.5, 0.6) is 0 Å². The summed E-state index contributed by atoms with van der Waals surface area (Å²) in [6.45, 7) is 4.68. The molecule has 2 amide bonds. The van der Waals surface area contributed by atoms with Crippen LogP contribution in [0.15, 0.2) is 42.5 Å². The maximum absolute atomic E-state index is 13.0. The minimum absolute atomic E-state index is 0.0621. The van der Waals surface area contributed by atoms with E-state index in [4.69, 9.17) is 0 Å². The van der Waals surface area contributed by atoms with Gasteiger partial charge >= 0.3 is 0 Å². The van der Waals surface area contributed by atoms with Gasteiger partial charge in [0.1, 0.15) is 5.82 Å². The van der Waals surface area contributed by atoms with E-state index in [9.17, 15) is 14.0 Å². The van der Waals surface area contributed by atoms with E-state index in [2.05, 4.69) is 27.9 Å². The van der Waals surface area contributed by atoms with Crippen LogP contribution in [0, 0.1) is 16.3 Å². The number of benzene rings is 2. The molecule has 27 heavy (non-hydrogen) atoms. The molecule has 2 aromatic carbocycles. The van der Waals surface area contributed by atoms with Crippen LogP contribution < -0.4 is 5.32 Å². The highest BCUT2D eigenvalue weighted by atomic mass is 127. The highest BCUT2D eigenvalue weighted by molar-refractivity contribution is 14.1. The van der Waals surface area contributed by atoms with E-state index in [1.54, 1.807) is 4.90 Å². The van der Waals surface area contributed by atoms with Gasteiger partial charge in [0, 0.05) is 41.0 Å². The van der Waals surface area contributed by atoms with Crippen molar-refractivity contribution in [3.05, 3.63) is 63.0 Å². The highest BCUT2D eigenvalue weighted by Gasteiger charge is 2.23. The van der Waals surface area contributed by atoms with Crippen LogP contribution in [0.3, 0.4) is 0 Å². The predicted octanol–water partition coefficient (Wildman–Crippen LogP) is 3.14. The predicted molar refractivity (Wildman–Crippen MR) is 111 cm³/mol. The van der Waals surface area contributed by atoms with Gasteiger partial charge in [-0.25, -0.2) is 4.39 Å². The van der Waals surface area contributed by atoms with Crippen LogP contribution in [0.25, 0.3) is 0 Å². The van der Waals surface area contributed by atoms with Gasteiger partial charge in [0.25, 0.3) is 5.91 Å². The molecular formula is C20H21FIN3O2. The Bertz CT molecular complexity index is 834. The van der Waals surface area contributed by atoms with Crippen molar-refractivity contribution in [1.82, 2.24) is 9.80 Å². The summed E-state index contributed by atoms with van der Waals surface area (Å²) < 4.78 is 14.1. The Balaban J connectivity index is 1.48. The van der Waals surface area contributed by atoms with Gasteiger partial charge in [0.15, 0.2) is 0 Å². The van der Waals surface area contributed by atoms with Crippen molar-refractivity contribution < 1.29 is 14.0 Å². The lowest BCUT2D eigenvalue weighted by molar-refractivity contribution is -0.117. The third kappa shape index (κ3) is 5.26. The molecule has 1 heterocycles. The molecule has 0 saturated carbocycles. The fourth-order valence-corrected chi connectivity index (χ4v) is 3.47. The first-order valence-corrected chi connectivity index (χ1v) is 9.83. The number of rotatable bonds is 4. The van der Waals surface area contributed by atoms with Crippen molar-refractivity contribution in [3.8, 4) is 0 Å². The van der Waals surface area contributed by atoms with Gasteiger partial charge in [-0.1, -0.05) is 6.07 Å². The van der Waals surface area contributed by atoms with E-state index >= 15 is 0 Å². The molecule has 0 radical (unpaired) electrons. The third-order valence-corrected chi connectivity index (χ3v) is 5.74. The van der Waals surface area contributed by atoms with Crippen LogP contribution >= 0.6 is 22.6 Å². The van der Waals surface area contributed by atoms with Gasteiger partial charge in [-0.2, -0.15) is 0 Å². The number of halogens is 2. The molecule has 0 spiro atoms. The molecule has 1 aliphatic rings. The number of anilines is 1. The van der Waals surface area contributed by atoms with Gasteiger partial charge < -0.3 is 10.2 Å².